The van der Waals surface area contributed by atoms with E-state index in [1.54, 1.807) is 0 Å². The van der Waals surface area contributed by atoms with Gasteiger partial charge in [0.25, 0.3) is 0 Å². The maximum atomic E-state index is 11.5. The normalized spacial score (nSPS) is 15.4. The summed E-state index contributed by atoms with van der Waals surface area (Å²) in [5, 5.41) is 13.9. The number of amides is 2. The molecule has 1 aromatic rings. The fourth-order valence-corrected chi connectivity index (χ4v) is 2.62. The zero-order chi connectivity index (χ0) is 15.8. The van der Waals surface area contributed by atoms with Crippen LogP contribution < -0.4 is 15.5 Å². The van der Waals surface area contributed by atoms with Crippen molar-refractivity contribution in [3.63, 3.8) is 0 Å². The Kier molecular flexibility index (Phi) is 6.06. The lowest BCUT2D eigenvalue weighted by atomic mass is 9.96. The van der Waals surface area contributed by atoms with Crippen molar-refractivity contribution in [1.82, 2.24) is 10.6 Å². The Hall–Kier alpha value is -2.24. The first-order valence-corrected chi connectivity index (χ1v) is 7.68. The van der Waals surface area contributed by atoms with Crippen molar-refractivity contribution in [1.29, 1.82) is 0 Å². The van der Waals surface area contributed by atoms with Gasteiger partial charge >= 0.3 is 12.0 Å². The van der Waals surface area contributed by atoms with E-state index in [-0.39, 0.29) is 19.0 Å². The highest BCUT2D eigenvalue weighted by Crippen LogP contribution is 2.22. The number of anilines is 1. The zero-order valence-electron chi connectivity index (χ0n) is 12.6. The van der Waals surface area contributed by atoms with Crippen LogP contribution in [0.5, 0.6) is 0 Å². The fraction of sp³-hybridized carbons (Fsp3) is 0.500. The summed E-state index contributed by atoms with van der Waals surface area (Å²) < 4.78 is 0. The van der Waals surface area contributed by atoms with Crippen molar-refractivity contribution < 1.29 is 14.7 Å². The maximum Gasteiger partial charge on any atom is 0.314 e. The van der Waals surface area contributed by atoms with E-state index >= 15 is 0 Å². The van der Waals surface area contributed by atoms with Crippen molar-refractivity contribution in [2.24, 2.45) is 5.92 Å². The average Bonchev–Trinajstić information content (AvgIpc) is 2.54. The molecule has 3 N–H and O–H groups in total. The van der Waals surface area contributed by atoms with Gasteiger partial charge in [-0.15, -0.1) is 0 Å². The van der Waals surface area contributed by atoms with Crippen LogP contribution in [0.25, 0.3) is 0 Å². The summed E-state index contributed by atoms with van der Waals surface area (Å²) >= 11 is 0. The third kappa shape index (κ3) is 5.27. The molecule has 0 aliphatic carbocycles. The number of nitrogens with zero attached hydrogens (tertiary/aromatic N) is 1. The lowest BCUT2D eigenvalue weighted by molar-refractivity contribution is -0.136. The van der Waals surface area contributed by atoms with Crippen molar-refractivity contribution >= 4 is 17.7 Å². The zero-order valence-corrected chi connectivity index (χ0v) is 12.6. The van der Waals surface area contributed by atoms with E-state index < -0.39 is 5.97 Å². The first-order valence-electron chi connectivity index (χ1n) is 7.68. The molecule has 0 spiro atoms. The van der Waals surface area contributed by atoms with Crippen molar-refractivity contribution in [2.45, 2.75) is 19.3 Å². The molecule has 22 heavy (non-hydrogen) atoms. The third-order valence-corrected chi connectivity index (χ3v) is 3.91. The molecule has 6 nitrogen and oxygen atoms in total. The van der Waals surface area contributed by atoms with E-state index in [0.29, 0.717) is 12.5 Å². The first-order chi connectivity index (χ1) is 10.6. The van der Waals surface area contributed by atoms with Gasteiger partial charge in [0.2, 0.25) is 0 Å². The number of hydrogen-bond donors (Lipinski definition) is 3. The van der Waals surface area contributed by atoms with E-state index in [4.69, 9.17) is 5.11 Å². The van der Waals surface area contributed by atoms with Crippen LogP contribution in [0.2, 0.25) is 0 Å². The lowest BCUT2D eigenvalue weighted by Crippen LogP contribution is -2.42. The Balaban J connectivity index is 1.63. The summed E-state index contributed by atoms with van der Waals surface area (Å²) in [6, 6.07) is 10.1. The second-order valence-corrected chi connectivity index (χ2v) is 5.55. The maximum absolute atomic E-state index is 11.5. The van der Waals surface area contributed by atoms with Gasteiger partial charge < -0.3 is 20.6 Å². The van der Waals surface area contributed by atoms with Crippen molar-refractivity contribution in [3.05, 3.63) is 30.3 Å². The van der Waals surface area contributed by atoms with E-state index in [1.165, 1.54) is 5.69 Å². The topological polar surface area (TPSA) is 81.7 Å². The number of hydrogen-bond acceptors (Lipinski definition) is 3. The number of rotatable bonds is 6. The lowest BCUT2D eigenvalue weighted by Gasteiger charge is -2.33. The van der Waals surface area contributed by atoms with Gasteiger partial charge in [0.05, 0.1) is 6.42 Å². The molecule has 1 heterocycles. The molecule has 2 amide bonds. The van der Waals surface area contributed by atoms with Crippen LogP contribution >= 0.6 is 0 Å². The Morgan fingerprint density at radius 3 is 2.45 bits per heavy atom. The van der Waals surface area contributed by atoms with Crippen LogP contribution in [0, 0.1) is 5.92 Å². The van der Waals surface area contributed by atoms with Gasteiger partial charge in [-0.3, -0.25) is 4.79 Å². The molecule has 6 heteroatoms. The van der Waals surface area contributed by atoms with E-state index in [0.717, 1.165) is 25.9 Å². The van der Waals surface area contributed by atoms with Crippen LogP contribution in [0.15, 0.2) is 30.3 Å². The largest absolute Gasteiger partial charge is 0.481 e. The Bertz CT molecular complexity index is 485. The summed E-state index contributed by atoms with van der Waals surface area (Å²) in [6.45, 7) is 2.79. The highest BCUT2D eigenvalue weighted by Gasteiger charge is 2.19. The predicted octanol–water partition coefficient (Wildman–Crippen LogP) is 1.68. The molecular formula is C16H23N3O3. The van der Waals surface area contributed by atoms with Crippen LogP contribution in [-0.2, 0) is 4.79 Å². The van der Waals surface area contributed by atoms with E-state index in [1.807, 2.05) is 18.2 Å². The van der Waals surface area contributed by atoms with Crippen LogP contribution in [-0.4, -0.2) is 43.3 Å². The van der Waals surface area contributed by atoms with Crippen LogP contribution in [0.3, 0.4) is 0 Å². The SMILES string of the molecule is O=C(O)CCNC(=O)NCC1CCN(c2ccccc2)CC1. The summed E-state index contributed by atoms with van der Waals surface area (Å²) in [5.41, 5.74) is 1.25. The van der Waals surface area contributed by atoms with Gasteiger partial charge in [0.15, 0.2) is 0 Å². The summed E-state index contributed by atoms with van der Waals surface area (Å²) in [6.07, 6.45) is 2.04. The summed E-state index contributed by atoms with van der Waals surface area (Å²) in [7, 11) is 0. The number of carbonyl (C=O) groups is 2. The Morgan fingerprint density at radius 1 is 1.14 bits per heavy atom. The van der Waals surface area contributed by atoms with Gasteiger partial charge in [-0.1, -0.05) is 18.2 Å². The quantitative estimate of drug-likeness (QED) is 0.747. The first kappa shape index (κ1) is 16.1. The molecule has 0 bridgehead atoms. The number of carboxylic acids is 1. The summed E-state index contributed by atoms with van der Waals surface area (Å²) in [5.74, 6) is -0.432. The average molecular weight is 305 g/mol. The molecule has 0 radical (unpaired) electrons. The van der Waals surface area contributed by atoms with Gasteiger partial charge in [0, 0.05) is 31.9 Å². The van der Waals surface area contributed by atoms with Crippen LogP contribution in [0.1, 0.15) is 19.3 Å². The highest BCUT2D eigenvalue weighted by molar-refractivity contribution is 5.74. The standard InChI is InChI=1S/C16H23N3O3/c20-15(21)6-9-17-16(22)18-12-13-7-10-19(11-8-13)14-4-2-1-3-5-14/h1-5,13H,6-12H2,(H,20,21)(H2,17,18,22). The number of carboxylic acid groups (broad SMARTS) is 1. The van der Waals surface area contributed by atoms with Gasteiger partial charge in [-0.05, 0) is 30.9 Å². The molecule has 1 aliphatic heterocycles. The van der Waals surface area contributed by atoms with Crippen molar-refractivity contribution in [2.75, 3.05) is 31.1 Å². The molecular weight excluding hydrogens is 282 g/mol. The minimum Gasteiger partial charge on any atom is -0.481 e. The minimum absolute atomic E-state index is 0.0527. The number of carbonyl (C=O) groups excluding carboxylic acids is 1. The molecule has 0 aromatic heterocycles. The monoisotopic (exact) mass is 305 g/mol. The van der Waals surface area contributed by atoms with E-state index in [2.05, 4.69) is 27.7 Å². The number of benzene rings is 1. The van der Waals surface area contributed by atoms with Gasteiger partial charge in [-0.2, -0.15) is 0 Å². The predicted molar refractivity (Wildman–Crippen MR) is 85.0 cm³/mol. The smallest absolute Gasteiger partial charge is 0.314 e. The minimum atomic E-state index is -0.909. The summed E-state index contributed by atoms with van der Waals surface area (Å²) in [4.78, 5) is 24.2. The molecule has 1 saturated heterocycles. The fourth-order valence-electron chi connectivity index (χ4n) is 2.62. The molecule has 1 aliphatic rings. The number of aliphatic carboxylic acids is 1. The molecule has 1 fully saturated rings. The Morgan fingerprint density at radius 2 is 1.82 bits per heavy atom. The number of nitrogens with one attached hydrogen (secondary N) is 2. The number of urea groups is 1. The van der Waals surface area contributed by atoms with Crippen LogP contribution in [0.4, 0.5) is 10.5 Å². The van der Waals surface area contributed by atoms with Gasteiger partial charge in [0.1, 0.15) is 0 Å². The molecule has 0 saturated carbocycles. The number of para-hydroxylation sites is 1. The third-order valence-electron chi connectivity index (χ3n) is 3.91. The molecule has 1 aromatic carbocycles. The van der Waals surface area contributed by atoms with Gasteiger partial charge in [-0.25, -0.2) is 4.79 Å². The highest BCUT2D eigenvalue weighted by atomic mass is 16.4. The number of piperidine rings is 1. The second-order valence-electron chi connectivity index (χ2n) is 5.55. The second kappa shape index (κ2) is 8.26. The molecule has 120 valence electrons. The molecule has 0 atom stereocenters. The van der Waals surface area contributed by atoms with Crippen molar-refractivity contribution in [3.8, 4) is 0 Å². The Labute approximate surface area is 130 Å². The molecule has 0 unspecified atom stereocenters. The van der Waals surface area contributed by atoms with E-state index in [9.17, 15) is 9.59 Å². The molecule has 2 rings (SSSR count).